The average molecular weight is 442 g/mol. The zero-order chi connectivity index (χ0) is 22.8. The van der Waals surface area contributed by atoms with Gasteiger partial charge in [0, 0.05) is 13.2 Å². The van der Waals surface area contributed by atoms with Crippen molar-refractivity contribution in [1.82, 2.24) is 5.32 Å². The van der Waals surface area contributed by atoms with Crippen molar-refractivity contribution in [3.63, 3.8) is 0 Å². The van der Waals surface area contributed by atoms with Gasteiger partial charge in [0.15, 0.2) is 0 Å². The Morgan fingerprint density at radius 1 is 0.548 bits per heavy atom. The summed E-state index contributed by atoms with van der Waals surface area (Å²) in [5.74, 6) is 1.70. The molecular weight excluding hydrogens is 382 g/mol. The first-order chi connectivity index (χ1) is 15.2. The van der Waals surface area contributed by atoms with Gasteiger partial charge in [-0.3, -0.25) is 0 Å². The van der Waals surface area contributed by atoms with Crippen molar-refractivity contribution in [2.75, 3.05) is 39.5 Å². The van der Waals surface area contributed by atoms with Crippen molar-refractivity contribution in [1.29, 1.82) is 0 Å². The molecule has 1 unspecified atom stereocenters. The van der Waals surface area contributed by atoms with Gasteiger partial charge in [0.1, 0.15) is 0 Å². The van der Waals surface area contributed by atoms with Crippen molar-refractivity contribution in [2.45, 2.75) is 130 Å². The molecule has 0 heterocycles. The molecule has 0 aliphatic heterocycles. The molecular formula is C28H59NO2. The van der Waals surface area contributed by atoms with E-state index in [4.69, 9.17) is 9.47 Å². The Hall–Kier alpha value is -0.120. The number of nitrogens with one attached hydrogen (secondary N) is 1. The van der Waals surface area contributed by atoms with E-state index in [-0.39, 0.29) is 0 Å². The molecule has 0 aromatic carbocycles. The molecule has 31 heavy (non-hydrogen) atoms. The third kappa shape index (κ3) is 24.4. The van der Waals surface area contributed by atoms with Crippen LogP contribution in [0.1, 0.15) is 130 Å². The number of unbranched alkanes of at least 4 members (excludes halogenated alkanes) is 8. The molecule has 0 aliphatic carbocycles. The summed E-state index contributed by atoms with van der Waals surface area (Å²) < 4.78 is 11.5. The minimum Gasteiger partial charge on any atom is -0.379 e. The maximum atomic E-state index is 5.82. The fourth-order valence-corrected chi connectivity index (χ4v) is 4.29. The van der Waals surface area contributed by atoms with Gasteiger partial charge < -0.3 is 14.8 Å². The molecule has 0 aliphatic rings. The van der Waals surface area contributed by atoms with Crippen LogP contribution in [-0.2, 0) is 9.47 Å². The minimum absolute atomic E-state index is 0.727. The maximum Gasteiger partial charge on any atom is 0.0701 e. The van der Waals surface area contributed by atoms with Gasteiger partial charge in [-0.05, 0) is 37.6 Å². The summed E-state index contributed by atoms with van der Waals surface area (Å²) >= 11 is 0. The van der Waals surface area contributed by atoms with Crippen LogP contribution in [0.5, 0.6) is 0 Å². The molecule has 3 nitrogen and oxygen atoms in total. The highest BCUT2D eigenvalue weighted by Crippen LogP contribution is 2.23. The van der Waals surface area contributed by atoms with E-state index in [2.05, 4.69) is 33.0 Å². The Morgan fingerprint density at radius 2 is 1.06 bits per heavy atom. The van der Waals surface area contributed by atoms with E-state index in [1.165, 1.54) is 103 Å². The van der Waals surface area contributed by atoms with Crippen LogP contribution < -0.4 is 5.32 Å². The summed E-state index contributed by atoms with van der Waals surface area (Å²) in [4.78, 5) is 0. The predicted molar refractivity (Wildman–Crippen MR) is 138 cm³/mol. The highest BCUT2D eigenvalue weighted by molar-refractivity contribution is 4.61. The number of rotatable bonds is 26. The van der Waals surface area contributed by atoms with Crippen molar-refractivity contribution < 1.29 is 9.47 Å². The average Bonchev–Trinajstić information content (AvgIpc) is 2.77. The van der Waals surface area contributed by atoms with Crippen LogP contribution in [0.15, 0.2) is 0 Å². The summed E-state index contributed by atoms with van der Waals surface area (Å²) in [6, 6.07) is 0. The van der Waals surface area contributed by atoms with Crippen LogP contribution in [0.25, 0.3) is 0 Å². The first-order valence-electron chi connectivity index (χ1n) is 14.1. The van der Waals surface area contributed by atoms with Crippen LogP contribution in [0.2, 0.25) is 0 Å². The van der Waals surface area contributed by atoms with Crippen LogP contribution in [0.4, 0.5) is 0 Å². The molecule has 1 N–H and O–H groups in total. The molecule has 0 fully saturated rings. The first-order valence-corrected chi connectivity index (χ1v) is 14.1. The molecule has 0 radical (unpaired) electrons. The standard InChI is InChI=1S/C28H59NO2/c1-5-8-11-14-18-28(19-15-12-9-6-2)20-16-22-30-24-25-31-23-21-29-26-27(4)17-13-10-7-3/h27-29H,5-26H2,1-4H3. The smallest absolute Gasteiger partial charge is 0.0701 e. The van der Waals surface area contributed by atoms with E-state index < -0.39 is 0 Å². The Bertz CT molecular complexity index is 312. The molecule has 188 valence electrons. The minimum atomic E-state index is 0.727. The van der Waals surface area contributed by atoms with Gasteiger partial charge in [0.2, 0.25) is 0 Å². The second kappa shape index (κ2) is 26.1. The Kier molecular flexibility index (Phi) is 26.0. The summed E-state index contributed by atoms with van der Waals surface area (Å²) in [6.45, 7) is 14.4. The van der Waals surface area contributed by atoms with Crippen molar-refractivity contribution in [3.05, 3.63) is 0 Å². The van der Waals surface area contributed by atoms with Gasteiger partial charge in [0.05, 0.1) is 19.8 Å². The topological polar surface area (TPSA) is 30.5 Å². The van der Waals surface area contributed by atoms with Gasteiger partial charge in [-0.25, -0.2) is 0 Å². The lowest BCUT2D eigenvalue weighted by Gasteiger charge is -2.17. The third-order valence-corrected chi connectivity index (χ3v) is 6.42. The van der Waals surface area contributed by atoms with Gasteiger partial charge in [-0.2, -0.15) is 0 Å². The molecule has 0 saturated carbocycles. The lowest BCUT2D eigenvalue weighted by molar-refractivity contribution is 0.0459. The second-order valence-corrected chi connectivity index (χ2v) is 9.74. The summed E-state index contributed by atoms with van der Waals surface area (Å²) in [5.41, 5.74) is 0. The Morgan fingerprint density at radius 3 is 1.68 bits per heavy atom. The van der Waals surface area contributed by atoms with Crippen LogP contribution in [-0.4, -0.2) is 39.5 Å². The number of hydrogen-bond donors (Lipinski definition) is 1. The van der Waals surface area contributed by atoms with Crippen molar-refractivity contribution in [3.8, 4) is 0 Å². The maximum absolute atomic E-state index is 5.82. The molecule has 0 rings (SSSR count). The molecule has 3 heteroatoms. The monoisotopic (exact) mass is 441 g/mol. The zero-order valence-corrected chi connectivity index (χ0v) is 22.0. The zero-order valence-electron chi connectivity index (χ0n) is 22.0. The fourth-order valence-electron chi connectivity index (χ4n) is 4.29. The van der Waals surface area contributed by atoms with Gasteiger partial charge >= 0.3 is 0 Å². The molecule has 0 aromatic heterocycles. The third-order valence-electron chi connectivity index (χ3n) is 6.42. The summed E-state index contributed by atoms with van der Waals surface area (Å²) in [6.07, 6.45) is 22.0. The van der Waals surface area contributed by atoms with Gasteiger partial charge in [-0.1, -0.05) is 111 Å². The highest BCUT2D eigenvalue weighted by atomic mass is 16.5. The van der Waals surface area contributed by atoms with Gasteiger partial charge in [-0.15, -0.1) is 0 Å². The predicted octanol–water partition coefficient (Wildman–Crippen LogP) is 8.16. The molecule has 1 atom stereocenters. The quantitative estimate of drug-likeness (QED) is 0.137. The molecule has 0 bridgehead atoms. The highest BCUT2D eigenvalue weighted by Gasteiger charge is 2.08. The fraction of sp³-hybridized carbons (Fsp3) is 1.00. The van der Waals surface area contributed by atoms with Crippen molar-refractivity contribution in [2.24, 2.45) is 11.8 Å². The van der Waals surface area contributed by atoms with E-state index in [1.54, 1.807) is 0 Å². The van der Waals surface area contributed by atoms with E-state index in [1.807, 2.05) is 0 Å². The molecule has 0 aromatic rings. The Labute approximate surface area is 196 Å². The largest absolute Gasteiger partial charge is 0.379 e. The Balaban J connectivity index is 3.55. The van der Waals surface area contributed by atoms with E-state index >= 15 is 0 Å². The van der Waals surface area contributed by atoms with Crippen LogP contribution in [0, 0.1) is 11.8 Å². The molecule has 0 saturated heterocycles. The van der Waals surface area contributed by atoms with Crippen molar-refractivity contribution >= 4 is 0 Å². The number of ether oxygens (including phenoxy) is 2. The number of hydrogen-bond acceptors (Lipinski definition) is 3. The van der Waals surface area contributed by atoms with Gasteiger partial charge in [0.25, 0.3) is 0 Å². The van der Waals surface area contributed by atoms with E-state index in [0.717, 1.165) is 51.4 Å². The summed E-state index contributed by atoms with van der Waals surface area (Å²) in [5, 5.41) is 3.52. The SMILES string of the molecule is CCCCCCC(CCCCCC)CCCOCCOCCNCC(C)CCCCC. The second-order valence-electron chi connectivity index (χ2n) is 9.74. The lowest BCUT2D eigenvalue weighted by atomic mass is 9.91. The normalized spacial score (nSPS) is 12.7. The molecule has 0 spiro atoms. The summed E-state index contributed by atoms with van der Waals surface area (Å²) in [7, 11) is 0. The van der Waals surface area contributed by atoms with Crippen LogP contribution in [0.3, 0.4) is 0 Å². The lowest BCUT2D eigenvalue weighted by Crippen LogP contribution is -2.25. The van der Waals surface area contributed by atoms with E-state index in [9.17, 15) is 0 Å². The van der Waals surface area contributed by atoms with E-state index in [0.29, 0.717) is 0 Å². The molecule has 0 amide bonds. The van der Waals surface area contributed by atoms with Crippen LogP contribution >= 0.6 is 0 Å². The first kappa shape index (κ1) is 30.9.